The van der Waals surface area contributed by atoms with Gasteiger partial charge in [0.15, 0.2) is 0 Å². The standard InChI is InChI=1S/C17H23N3O/c1-6-13-15(18)19-10-20-16(13)21-14-8-7-12(9-11(14)2)17(3,4)5/h7-10H,6H2,1-5H3,(H2,18,19,20). The first-order valence-electron chi connectivity index (χ1n) is 7.21. The fourth-order valence-corrected chi connectivity index (χ4v) is 2.16. The van der Waals surface area contributed by atoms with E-state index in [0.29, 0.717) is 11.7 Å². The molecule has 4 nitrogen and oxygen atoms in total. The van der Waals surface area contributed by atoms with Gasteiger partial charge < -0.3 is 10.5 Å². The molecule has 2 rings (SSSR count). The highest BCUT2D eigenvalue weighted by atomic mass is 16.5. The van der Waals surface area contributed by atoms with Crippen LogP contribution in [0.3, 0.4) is 0 Å². The first-order valence-corrected chi connectivity index (χ1v) is 7.21. The second kappa shape index (κ2) is 5.72. The van der Waals surface area contributed by atoms with Gasteiger partial charge in [0.1, 0.15) is 17.9 Å². The lowest BCUT2D eigenvalue weighted by atomic mass is 9.86. The number of ether oxygens (including phenoxy) is 1. The van der Waals surface area contributed by atoms with Gasteiger partial charge in [-0.05, 0) is 36.0 Å². The zero-order valence-corrected chi connectivity index (χ0v) is 13.4. The Balaban J connectivity index is 2.35. The van der Waals surface area contributed by atoms with Gasteiger partial charge in [0.25, 0.3) is 0 Å². The Kier molecular flexibility index (Phi) is 4.16. The summed E-state index contributed by atoms with van der Waals surface area (Å²) in [6, 6.07) is 6.25. The van der Waals surface area contributed by atoms with Crippen molar-refractivity contribution in [1.29, 1.82) is 0 Å². The first-order chi connectivity index (χ1) is 9.82. The van der Waals surface area contributed by atoms with E-state index in [-0.39, 0.29) is 5.41 Å². The van der Waals surface area contributed by atoms with Gasteiger partial charge in [-0.1, -0.05) is 39.8 Å². The molecule has 112 valence electrons. The van der Waals surface area contributed by atoms with Crippen molar-refractivity contribution in [2.45, 2.75) is 46.5 Å². The molecule has 0 aliphatic heterocycles. The van der Waals surface area contributed by atoms with E-state index in [9.17, 15) is 0 Å². The number of aryl methyl sites for hydroxylation is 1. The van der Waals surface area contributed by atoms with Gasteiger partial charge in [-0.2, -0.15) is 0 Å². The summed E-state index contributed by atoms with van der Waals surface area (Å²) in [6.07, 6.45) is 2.17. The number of nitrogens with zero attached hydrogens (tertiary/aromatic N) is 2. The number of aromatic nitrogens is 2. The molecule has 1 aromatic heterocycles. The molecule has 0 amide bonds. The smallest absolute Gasteiger partial charge is 0.227 e. The van der Waals surface area contributed by atoms with Crippen LogP contribution in [0.2, 0.25) is 0 Å². The summed E-state index contributed by atoms with van der Waals surface area (Å²) in [5, 5.41) is 0. The maximum atomic E-state index is 5.95. The number of hydrogen-bond donors (Lipinski definition) is 1. The van der Waals surface area contributed by atoms with E-state index in [0.717, 1.165) is 23.3 Å². The maximum absolute atomic E-state index is 5.95. The molecule has 0 aliphatic rings. The Morgan fingerprint density at radius 3 is 2.48 bits per heavy atom. The average molecular weight is 285 g/mol. The molecule has 21 heavy (non-hydrogen) atoms. The topological polar surface area (TPSA) is 61.0 Å². The molecule has 1 aromatic carbocycles. The number of hydrogen-bond acceptors (Lipinski definition) is 4. The van der Waals surface area contributed by atoms with Gasteiger partial charge in [-0.25, -0.2) is 9.97 Å². The molecule has 0 spiro atoms. The van der Waals surface area contributed by atoms with Gasteiger partial charge in [0.2, 0.25) is 5.88 Å². The second-order valence-corrected chi connectivity index (χ2v) is 6.23. The fraction of sp³-hybridized carbons (Fsp3) is 0.412. The average Bonchev–Trinajstić information content (AvgIpc) is 2.40. The van der Waals surface area contributed by atoms with Crippen molar-refractivity contribution in [2.75, 3.05) is 5.73 Å². The van der Waals surface area contributed by atoms with E-state index in [1.54, 1.807) is 0 Å². The summed E-state index contributed by atoms with van der Waals surface area (Å²) in [5.74, 6) is 1.82. The second-order valence-electron chi connectivity index (χ2n) is 6.23. The predicted molar refractivity (Wildman–Crippen MR) is 85.8 cm³/mol. The summed E-state index contributed by atoms with van der Waals surface area (Å²) < 4.78 is 5.95. The minimum Gasteiger partial charge on any atom is -0.438 e. The van der Waals surface area contributed by atoms with Crippen LogP contribution in [-0.2, 0) is 11.8 Å². The highest BCUT2D eigenvalue weighted by Gasteiger charge is 2.16. The Morgan fingerprint density at radius 1 is 1.19 bits per heavy atom. The van der Waals surface area contributed by atoms with Crippen LogP contribution < -0.4 is 10.5 Å². The van der Waals surface area contributed by atoms with Crippen molar-refractivity contribution in [3.05, 3.63) is 41.2 Å². The molecule has 0 radical (unpaired) electrons. The van der Waals surface area contributed by atoms with Crippen LogP contribution in [0.1, 0.15) is 44.4 Å². The quantitative estimate of drug-likeness (QED) is 0.925. The number of nitrogen functional groups attached to an aromatic ring is 1. The third kappa shape index (κ3) is 3.32. The van der Waals surface area contributed by atoms with Crippen LogP contribution in [0.15, 0.2) is 24.5 Å². The highest BCUT2D eigenvalue weighted by molar-refractivity contribution is 5.47. The van der Waals surface area contributed by atoms with Gasteiger partial charge in [0, 0.05) is 0 Å². The SMILES string of the molecule is CCc1c(N)ncnc1Oc1ccc(C(C)(C)C)cc1C. The fourth-order valence-electron chi connectivity index (χ4n) is 2.16. The van der Waals surface area contributed by atoms with Crippen molar-refractivity contribution in [1.82, 2.24) is 9.97 Å². The van der Waals surface area contributed by atoms with Crippen molar-refractivity contribution >= 4 is 5.82 Å². The minimum absolute atomic E-state index is 0.122. The molecule has 0 bridgehead atoms. The number of anilines is 1. The van der Waals surface area contributed by atoms with Crippen LogP contribution in [-0.4, -0.2) is 9.97 Å². The lowest BCUT2D eigenvalue weighted by molar-refractivity contribution is 0.451. The van der Waals surface area contributed by atoms with Crippen LogP contribution >= 0.6 is 0 Å². The Bertz CT molecular complexity index is 645. The minimum atomic E-state index is 0.122. The van der Waals surface area contributed by atoms with E-state index in [1.165, 1.54) is 11.9 Å². The Morgan fingerprint density at radius 2 is 1.90 bits per heavy atom. The van der Waals surface area contributed by atoms with Crippen molar-refractivity contribution < 1.29 is 4.74 Å². The van der Waals surface area contributed by atoms with Crippen LogP contribution in [0.25, 0.3) is 0 Å². The lowest BCUT2D eigenvalue weighted by Crippen LogP contribution is -2.11. The van der Waals surface area contributed by atoms with E-state index in [2.05, 4.69) is 42.9 Å². The van der Waals surface area contributed by atoms with Crippen LogP contribution in [0.5, 0.6) is 11.6 Å². The molecule has 0 saturated heterocycles. The lowest BCUT2D eigenvalue weighted by Gasteiger charge is -2.20. The number of nitrogens with two attached hydrogens (primary N) is 1. The molecule has 0 atom stereocenters. The van der Waals surface area contributed by atoms with Gasteiger partial charge in [-0.3, -0.25) is 0 Å². The summed E-state index contributed by atoms with van der Waals surface area (Å²) in [6.45, 7) is 10.6. The molecule has 4 heteroatoms. The normalized spacial score (nSPS) is 11.5. The third-order valence-electron chi connectivity index (χ3n) is 3.54. The molecule has 2 aromatic rings. The summed E-state index contributed by atoms with van der Waals surface area (Å²) >= 11 is 0. The maximum Gasteiger partial charge on any atom is 0.227 e. The zero-order valence-electron chi connectivity index (χ0n) is 13.4. The predicted octanol–water partition coefficient (Wildman–Crippen LogP) is 4.02. The van der Waals surface area contributed by atoms with Crippen molar-refractivity contribution in [2.24, 2.45) is 0 Å². The Hall–Kier alpha value is -2.10. The summed E-state index contributed by atoms with van der Waals surface area (Å²) in [7, 11) is 0. The van der Waals surface area contributed by atoms with Gasteiger partial charge in [0.05, 0.1) is 5.56 Å². The van der Waals surface area contributed by atoms with Crippen molar-refractivity contribution in [3.63, 3.8) is 0 Å². The summed E-state index contributed by atoms with van der Waals surface area (Å²) in [4.78, 5) is 8.21. The van der Waals surface area contributed by atoms with E-state index in [4.69, 9.17) is 10.5 Å². The van der Waals surface area contributed by atoms with Crippen LogP contribution in [0.4, 0.5) is 5.82 Å². The molecule has 2 N–H and O–H groups in total. The van der Waals surface area contributed by atoms with E-state index in [1.807, 2.05) is 19.9 Å². The van der Waals surface area contributed by atoms with Gasteiger partial charge >= 0.3 is 0 Å². The first kappa shape index (κ1) is 15.3. The van der Waals surface area contributed by atoms with Crippen molar-refractivity contribution in [3.8, 4) is 11.6 Å². The monoisotopic (exact) mass is 285 g/mol. The molecule has 0 unspecified atom stereocenters. The number of rotatable bonds is 3. The third-order valence-corrected chi connectivity index (χ3v) is 3.54. The highest BCUT2D eigenvalue weighted by Crippen LogP contribution is 2.31. The Labute approximate surface area is 126 Å². The summed E-state index contributed by atoms with van der Waals surface area (Å²) in [5.41, 5.74) is 9.21. The molecule has 0 saturated carbocycles. The van der Waals surface area contributed by atoms with E-state index >= 15 is 0 Å². The molecule has 0 fully saturated rings. The number of benzene rings is 1. The molecule has 0 aliphatic carbocycles. The molecule has 1 heterocycles. The van der Waals surface area contributed by atoms with Gasteiger partial charge in [-0.15, -0.1) is 0 Å². The molecular formula is C17H23N3O. The molecular weight excluding hydrogens is 262 g/mol. The largest absolute Gasteiger partial charge is 0.438 e. The van der Waals surface area contributed by atoms with E-state index < -0.39 is 0 Å². The zero-order chi connectivity index (χ0) is 15.6. The van der Waals surface area contributed by atoms with Crippen LogP contribution in [0, 0.1) is 6.92 Å².